The van der Waals surface area contributed by atoms with Gasteiger partial charge in [-0.05, 0) is 31.2 Å². The zero-order valence-electron chi connectivity index (χ0n) is 15.4. The number of nitrogens with one attached hydrogen (secondary N) is 1. The quantitative estimate of drug-likeness (QED) is 0.867. The first-order chi connectivity index (χ1) is 12.6. The van der Waals surface area contributed by atoms with Crippen molar-refractivity contribution in [3.05, 3.63) is 42.5 Å². The molecule has 1 aliphatic carbocycles. The van der Waals surface area contributed by atoms with Crippen molar-refractivity contribution in [3.8, 4) is 5.75 Å². The Kier molecular flexibility index (Phi) is 5.76. The highest BCUT2D eigenvalue weighted by Crippen LogP contribution is 2.25. The van der Waals surface area contributed by atoms with Gasteiger partial charge in [0.05, 0.1) is 0 Å². The van der Waals surface area contributed by atoms with E-state index in [0.29, 0.717) is 11.8 Å². The van der Waals surface area contributed by atoms with Gasteiger partial charge in [0.25, 0.3) is 5.91 Å². The van der Waals surface area contributed by atoms with Crippen molar-refractivity contribution in [3.63, 3.8) is 0 Å². The van der Waals surface area contributed by atoms with E-state index >= 15 is 0 Å². The normalized spacial score (nSPS) is 15.6. The largest absolute Gasteiger partial charge is 0.483 e. The molecule has 0 spiro atoms. The summed E-state index contributed by atoms with van der Waals surface area (Å²) in [7, 11) is 1.83. The lowest BCUT2D eigenvalue weighted by Crippen LogP contribution is -2.49. The summed E-state index contributed by atoms with van der Waals surface area (Å²) in [6, 6.07) is 13.4. The van der Waals surface area contributed by atoms with Crippen LogP contribution in [0.5, 0.6) is 5.75 Å². The van der Waals surface area contributed by atoms with Gasteiger partial charge in [-0.15, -0.1) is 0 Å². The molecule has 0 heterocycles. The van der Waals surface area contributed by atoms with E-state index in [-0.39, 0.29) is 18.4 Å². The SMILES string of the molecule is CC(NC(=O)COc1cccc2ccccc12)C(=O)N(C)C1CCCC1. The van der Waals surface area contributed by atoms with Gasteiger partial charge in [-0.3, -0.25) is 9.59 Å². The molecule has 2 aromatic carbocycles. The molecule has 0 aromatic heterocycles. The van der Waals surface area contributed by atoms with Crippen molar-refractivity contribution in [1.82, 2.24) is 10.2 Å². The third-order valence-electron chi connectivity index (χ3n) is 5.08. The standard InChI is InChI=1S/C21H26N2O3/c1-15(21(25)23(2)17-10-4-5-11-17)22-20(24)14-26-19-13-7-9-16-8-3-6-12-18(16)19/h3,6-9,12-13,15,17H,4-5,10-11,14H2,1-2H3,(H,22,24). The van der Waals surface area contributed by atoms with Gasteiger partial charge >= 0.3 is 0 Å². The van der Waals surface area contributed by atoms with Crippen LogP contribution >= 0.6 is 0 Å². The van der Waals surface area contributed by atoms with Gasteiger partial charge in [0, 0.05) is 18.5 Å². The fourth-order valence-corrected chi connectivity index (χ4v) is 3.59. The molecule has 1 aliphatic rings. The molecular weight excluding hydrogens is 328 g/mol. The lowest BCUT2D eigenvalue weighted by Gasteiger charge is -2.27. The highest BCUT2D eigenvalue weighted by Gasteiger charge is 2.27. The Balaban J connectivity index is 1.54. The van der Waals surface area contributed by atoms with E-state index in [0.717, 1.165) is 23.6 Å². The molecule has 2 aromatic rings. The summed E-state index contributed by atoms with van der Waals surface area (Å²) in [5.74, 6) is 0.328. The summed E-state index contributed by atoms with van der Waals surface area (Å²) in [6.45, 7) is 1.61. The monoisotopic (exact) mass is 354 g/mol. The number of hydrogen-bond donors (Lipinski definition) is 1. The molecule has 3 rings (SSSR count). The first-order valence-electron chi connectivity index (χ1n) is 9.23. The second kappa shape index (κ2) is 8.21. The predicted octanol–water partition coefficient (Wildman–Crippen LogP) is 3.12. The summed E-state index contributed by atoms with van der Waals surface area (Å²) in [4.78, 5) is 26.5. The average molecular weight is 354 g/mol. The fourth-order valence-electron chi connectivity index (χ4n) is 3.59. The summed E-state index contributed by atoms with van der Waals surface area (Å²) < 4.78 is 5.69. The van der Waals surface area contributed by atoms with Crippen LogP contribution in [0.4, 0.5) is 0 Å². The van der Waals surface area contributed by atoms with Gasteiger partial charge in [0.2, 0.25) is 5.91 Å². The number of ether oxygens (including phenoxy) is 1. The van der Waals surface area contributed by atoms with Gasteiger partial charge in [-0.2, -0.15) is 0 Å². The minimum atomic E-state index is -0.552. The maximum absolute atomic E-state index is 12.5. The first-order valence-corrected chi connectivity index (χ1v) is 9.23. The van der Waals surface area contributed by atoms with E-state index in [1.54, 1.807) is 11.8 Å². The number of nitrogens with zero attached hydrogens (tertiary/aromatic N) is 1. The van der Waals surface area contributed by atoms with Crippen LogP contribution in [0.25, 0.3) is 10.8 Å². The van der Waals surface area contributed by atoms with E-state index in [1.165, 1.54) is 12.8 Å². The van der Waals surface area contributed by atoms with Crippen LogP contribution < -0.4 is 10.1 Å². The molecule has 5 nitrogen and oxygen atoms in total. The Bertz CT molecular complexity index is 778. The van der Waals surface area contributed by atoms with Crippen molar-refractivity contribution < 1.29 is 14.3 Å². The number of likely N-dealkylation sites (N-methyl/N-ethyl adjacent to an activating group) is 1. The Hall–Kier alpha value is -2.56. The second-order valence-corrected chi connectivity index (χ2v) is 6.94. The number of benzene rings is 2. The second-order valence-electron chi connectivity index (χ2n) is 6.94. The van der Waals surface area contributed by atoms with Crippen LogP contribution in [0.15, 0.2) is 42.5 Å². The molecule has 26 heavy (non-hydrogen) atoms. The number of rotatable bonds is 6. The Morgan fingerprint density at radius 2 is 1.85 bits per heavy atom. The van der Waals surface area contributed by atoms with Crippen LogP contribution in [-0.4, -0.2) is 42.5 Å². The zero-order valence-corrected chi connectivity index (χ0v) is 15.4. The van der Waals surface area contributed by atoms with Crippen LogP contribution in [0.2, 0.25) is 0 Å². The summed E-state index contributed by atoms with van der Waals surface area (Å²) in [6.07, 6.45) is 4.43. The van der Waals surface area contributed by atoms with E-state index in [2.05, 4.69) is 5.32 Å². The topological polar surface area (TPSA) is 58.6 Å². The summed E-state index contributed by atoms with van der Waals surface area (Å²) in [5.41, 5.74) is 0. The van der Waals surface area contributed by atoms with Gasteiger partial charge in [0.1, 0.15) is 11.8 Å². The highest BCUT2D eigenvalue weighted by atomic mass is 16.5. The van der Waals surface area contributed by atoms with E-state index in [1.807, 2.05) is 49.5 Å². The van der Waals surface area contributed by atoms with E-state index in [4.69, 9.17) is 4.74 Å². The van der Waals surface area contributed by atoms with Crippen LogP contribution in [0.3, 0.4) is 0 Å². The smallest absolute Gasteiger partial charge is 0.258 e. The molecule has 2 amide bonds. The molecule has 138 valence electrons. The number of carbonyl (C=O) groups is 2. The molecule has 0 radical (unpaired) electrons. The number of fused-ring (bicyclic) bond motifs is 1. The summed E-state index contributed by atoms with van der Waals surface area (Å²) in [5, 5.41) is 4.78. The minimum absolute atomic E-state index is 0.0459. The first kappa shape index (κ1) is 18.2. The molecular formula is C21H26N2O3. The van der Waals surface area contributed by atoms with Gasteiger partial charge in [-0.25, -0.2) is 0 Å². The van der Waals surface area contributed by atoms with Crippen molar-refractivity contribution in [2.75, 3.05) is 13.7 Å². The third-order valence-corrected chi connectivity index (χ3v) is 5.08. The predicted molar refractivity (Wildman–Crippen MR) is 102 cm³/mol. The molecule has 0 bridgehead atoms. The van der Waals surface area contributed by atoms with Gasteiger partial charge in [-0.1, -0.05) is 49.2 Å². The van der Waals surface area contributed by atoms with Crippen molar-refractivity contribution >= 4 is 22.6 Å². The zero-order chi connectivity index (χ0) is 18.5. The molecule has 0 aliphatic heterocycles. The number of hydrogen-bond acceptors (Lipinski definition) is 3. The maximum atomic E-state index is 12.5. The van der Waals surface area contributed by atoms with Crippen LogP contribution in [0, 0.1) is 0 Å². The van der Waals surface area contributed by atoms with Gasteiger partial charge in [0.15, 0.2) is 6.61 Å². The van der Waals surface area contributed by atoms with Crippen molar-refractivity contribution in [2.45, 2.75) is 44.7 Å². The van der Waals surface area contributed by atoms with Crippen molar-refractivity contribution in [2.24, 2.45) is 0 Å². The number of amides is 2. The minimum Gasteiger partial charge on any atom is -0.483 e. The Morgan fingerprint density at radius 3 is 2.62 bits per heavy atom. The molecule has 1 unspecified atom stereocenters. The maximum Gasteiger partial charge on any atom is 0.258 e. The van der Waals surface area contributed by atoms with Crippen molar-refractivity contribution in [1.29, 1.82) is 0 Å². The summed E-state index contributed by atoms with van der Waals surface area (Å²) >= 11 is 0. The Labute approximate surface area is 154 Å². The lowest BCUT2D eigenvalue weighted by atomic mass is 10.1. The molecule has 1 saturated carbocycles. The lowest BCUT2D eigenvalue weighted by molar-refractivity contribution is -0.137. The van der Waals surface area contributed by atoms with Crippen LogP contribution in [0.1, 0.15) is 32.6 Å². The van der Waals surface area contributed by atoms with E-state index in [9.17, 15) is 9.59 Å². The molecule has 0 saturated heterocycles. The number of carbonyl (C=O) groups excluding carboxylic acids is 2. The molecule has 1 fully saturated rings. The Morgan fingerprint density at radius 1 is 1.15 bits per heavy atom. The third kappa shape index (κ3) is 4.15. The average Bonchev–Trinajstić information content (AvgIpc) is 3.19. The highest BCUT2D eigenvalue weighted by molar-refractivity contribution is 5.90. The molecule has 1 atom stereocenters. The molecule has 5 heteroatoms. The van der Waals surface area contributed by atoms with Gasteiger partial charge < -0.3 is 15.0 Å². The van der Waals surface area contributed by atoms with Crippen LogP contribution in [-0.2, 0) is 9.59 Å². The fraction of sp³-hybridized carbons (Fsp3) is 0.429. The van der Waals surface area contributed by atoms with E-state index < -0.39 is 6.04 Å². The molecule has 1 N–H and O–H groups in total.